The van der Waals surface area contributed by atoms with Gasteiger partial charge >= 0.3 is 0 Å². The summed E-state index contributed by atoms with van der Waals surface area (Å²) >= 11 is 7.33. The maximum atomic E-state index is 3.66. The number of fused-ring (bicyclic) bond motifs is 5. The summed E-state index contributed by atoms with van der Waals surface area (Å²) in [5.41, 5.74) is 6.06. The Morgan fingerprint density at radius 1 is 0.581 bits per heavy atom. The van der Waals surface area contributed by atoms with Crippen molar-refractivity contribution >= 4 is 64.4 Å². The van der Waals surface area contributed by atoms with Gasteiger partial charge in [-0.05, 0) is 52.9 Å². The fraction of sp³-hybridized carbons (Fsp3) is 0. The standard InChI is InChI=1S/C28H17Br2N/c29-20-15-19(16-21(30)17-20)23-11-6-12-26-27(23)25-14-13-18-7-4-5-10-24(18)28(25)31(26)22-8-2-1-3-9-22/h1-17H. The molecule has 0 aliphatic carbocycles. The van der Waals surface area contributed by atoms with Crippen molar-refractivity contribution < 1.29 is 0 Å². The highest BCUT2D eigenvalue weighted by atomic mass is 79.9. The first kappa shape index (κ1) is 18.9. The Morgan fingerprint density at radius 3 is 2.13 bits per heavy atom. The van der Waals surface area contributed by atoms with Crippen molar-refractivity contribution in [1.82, 2.24) is 4.57 Å². The van der Waals surface area contributed by atoms with E-state index in [1.165, 1.54) is 49.4 Å². The Hall–Kier alpha value is -2.88. The van der Waals surface area contributed by atoms with Gasteiger partial charge in [0, 0.05) is 30.8 Å². The van der Waals surface area contributed by atoms with Crippen LogP contribution in [0.1, 0.15) is 0 Å². The lowest BCUT2D eigenvalue weighted by Gasteiger charge is -2.10. The largest absolute Gasteiger partial charge is 0.309 e. The van der Waals surface area contributed by atoms with E-state index >= 15 is 0 Å². The number of para-hydroxylation sites is 1. The van der Waals surface area contributed by atoms with Crippen molar-refractivity contribution in [2.45, 2.75) is 0 Å². The van der Waals surface area contributed by atoms with Gasteiger partial charge in [0.25, 0.3) is 0 Å². The topological polar surface area (TPSA) is 4.93 Å². The van der Waals surface area contributed by atoms with Crippen LogP contribution in [0.15, 0.2) is 112 Å². The zero-order valence-electron chi connectivity index (χ0n) is 16.5. The van der Waals surface area contributed by atoms with Crippen molar-refractivity contribution in [2.24, 2.45) is 0 Å². The zero-order valence-corrected chi connectivity index (χ0v) is 19.7. The first-order valence-corrected chi connectivity index (χ1v) is 11.8. The Bertz CT molecular complexity index is 1580. The van der Waals surface area contributed by atoms with Gasteiger partial charge < -0.3 is 4.57 Å². The van der Waals surface area contributed by atoms with Crippen LogP contribution in [-0.4, -0.2) is 4.57 Å². The van der Waals surface area contributed by atoms with E-state index in [9.17, 15) is 0 Å². The van der Waals surface area contributed by atoms with Gasteiger partial charge in [-0.15, -0.1) is 0 Å². The second kappa shape index (κ2) is 7.37. The molecule has 0 atom stereocenters. The molecule has 0 amide bonds. The Kier molecular flexibility index (Phi) is 4.48. The molecule has 0 unspecified atom stereocenters. The molecular weight excluding hydrogens is 510 g/mol. The van der Waals surface area contributed by atoms with Crippen LogP contribution in [-0.2, 0) is 0 Å². The lowest BCUT2D eigenvalue weighted by Crippen LogP contribution is -1.94. The molecule has 0 aliphatic rings. The summed E-state index contributed by atoms with van der Waals surface area (Å²) in [6, 6.07) is 36.9. The van der Waals surface area contributed by atoms with Gasteiger partial charge in [-0.3, -0.25) is 0 Å². The number of benzene rings is 5. The molecule has 0 N–H and O–H groups in total. The summed E-state index contributed by atoms with van der Waals surface area (Å²) in [4.78, 5) is 0. The Labute approximate surface area is 197 Å². The van der Waals surface area contributed by atoms with E-state index < -0.39 is 0 Å². The number of hydrogen-bond donors (Lipinski definition) is 0. The predicted octanol–water partition coefficient (Wildman–Crippen LogP) is 9.13. The number of nitrogens with zero attached hydrogens (tertiary/aromatic N) is 1. The van der Waals surface area contributed by atoms with Gasteiger partial charge in [-0.25, -0.2) is 0 Å². The monoisotopic (exact) mass is 525 g/mol. The smallest absolute Gasteiger partial charge is 0.0619 e. The van der Waals surface area contributed by atoms with E-state index in [1.54, 1.807) is 0 Å². The molecule has 1 heterocycles. The van der Waals surface area contributed by atoms with Crippen LogP contribution in [0, 0.1) is 0 Å². The van der Waals surface area contributed by atoms with Crippen molar-refractivity contribution in [3.8, 4) is 16.8 Å². The van der Waals surface area contributed by atoms with Gasteiger partial charge in [0.05, 0.1) is 11.0 Å². The first-order chi connectivity index (χ1) is 15.2. The second-order valence-electron chi connectivity index (χ2n) is 7.71. The SMILES string of the molecule is Brc1cc(Br)cc(-c2cccc3c2c2ccc4ccccc4c2n3-c2ccccc2)c1. The van der Waals surface area contributed by atoms with Gasteiger partial charge in [0.2, 0.25) is 0 Å². The Morgan fingerprint density at radius 2 is 1.32 bits per heavy atom. The molecule has 1 aromatic heterocycles. The van der Waals surface area contributed by atoms with Crippen molar-refractivity contribution in [2.75, 3.05) is 0 Å². The molecule has 0 saturated carbocycles. The van der Waals surface area contributed by atoms with Crippen LogP contribution in [0.5, 0.6) is 0 Å². The third-order valence-electron chi connectivity index (χ3n) is 5.86. The highest BCUT2D eigenvalue weighted by Gasteiger charge is 2.18. The summed E-state index contributed by atoms with van der Waals surface area (Å²) in [6.45, 7) is 0. The van der Waals surface area contributed by atoms with E-state index in [4.69, 9.17) is 0 Å². The summed E-state index contributed by atoms with van der Waals surface area (Å²) in [7, 11) is 0. The quantitative estimate of drug-likeness (QED) is 0.212. The van der Waals surface area contributed by atoms with Crippen LogP contribution in [0.3, 0.4) is 0 Å². The van der Waals surface area contributed by atoms with Crippen molar-refractivity contribution in [3.63, 3.8) is 0 Å². The predicted molar refractivity (Wildman–Crippen MR) is 139 cm³/mol. The second-order valence-corrected chi connectivity index (χ2v) is 9.54. The minimum Gasteiger partial charge on any atom is -0.309 e. The average Bonchev–Trinajstić information content (AvgIpc) is 3.14. The molecule has 31 heavy (non-hydrogen) atoms. The number of hydrogen-bond acceptors (Lipinski definition) is 0. The van der Waals surface area contributed by atoms with E-state index in [0.717, 1.165) is 8.95 Å². The van der Waals surface area contributed by atoms with Crippen LogP contribution in [0.25, 0.3) is 49.4 Å². The molecule has 3 heteroatoms. The molecule has 0 saturated heterocycles. The van der Waals surface area contributed by atoms with E-state index in [-0.39, 0.29) is 0 Å². The lowest BCUT2D eigenvalue weighted by molar-refractivity contribution is 1.19. The average molecular weight is 527 g/mol. The van der Waals surface area contributed by atoms with E-state index in [0.29, 0.717) is 0 Å². The number of halogens is 2. The first-order valence-electron chi connectivity index (χ1n) is 10.2. The molecule has 1 nitrogen and oxygen atoms in total. The summed E-state index contributed by atoms with van der Waals surface area (Å²) in [5, 5.41) is 5.06. The molecule has 0 radical (unpaired) electrons. The van der Waals surface area contributed by atoms with Gasteiger partial charge in [0.15, 0.2) is 0 Å². The fourth-order valence-electron chi connectivity index (χ4n) is 4.62. The molecule has 6 aromatic rings. The highest BCUT2D eigenvalue weighted by Crippen LogP contribution is 2.42. The third-order valence-corrected chi connectivity index (χ3v) is 6.78. The lowest BCUT2D eigenvalue weighted by atomic mass is 9.98. The highest BCUT2D eigenvalue weighted by molar-refractivity contribution is 9.11. The number of rotatable bonds is 2. The van der Waals surface area contributed by atoms with Crippen LogP contribution in [0.4, 0.5) is 0 Å². The maximum absolute atomic E-state index is 3.66. The molecule has 148 valence electrons. The van der Waals surface area contributed by atoms with Gasteiger partial charge in [-0.2, -0.15) is 0 Å². The molecule has 0 bridgehead atoms. The van der Waals surface area contributed by atoms with Crippen LogP contribution in [0.2, 0.25) is 0 Å². The molecule has 0 aliphatic heterocycles. The van der Waals surface area contributed by atoms with Crippen LogP contribution < -0.4 is 0 Å². The molecule has 0 fully saturated rings. The van der Waals surface area contributed by atoms with Gasteiger partial charge in [0.1, 0.15) is 0 Å². The Balaban J connectivity index is 1.85. The third kappa shape index (κ3) is 3.03. The molecule has 6 rings (SSSR count). The molecular formula is C28H17Br2N. The fourth-order valence-corrected chi connectivity index (χ4v) is 5.92. The molecule has 5 aromatic carbocycles. The van der Waals surface area contributed by atoms with E-state index in [1.807, 2.05) is 0 Å². The maximum Gasteiger partial charge on any atom is 0.0619 e. The van der Waals surface area contributed by atoms with E-state index in [2.05, 4.69) is 140 Å². The number of aromatic nitrogens is 1. The van der Waals surface area contributed by atoms with Crippen LogP contribution >= 0.6 is 31.9 Å². The normalized spacial score (nSPS) is 11.5. The van der Waals surface area contributed by atoms with Crippen molar-refractivity contribution in [1.29, 1.82) is 0 Å². The minimum atomic E-state index is 1.06. The van der Waals surface area contributed by atoms with Gasteiger partial charge in [-0.1, -0.05) is 98.6 Å². The zero-order chi connectivity index (χ0) is 20.9. The summed E-state index contributed by atoms with van der Waals surface area (Å²) in [6.07, 6.45) is 0. The summed E-state index contributed by atoms with van der Waals surface area (Å²) in [5.74, 6) is 0. The summed E-state index contributed by atoms with van der Waals surface area (Å²) < 4.78 is 4.53. The molecule has 0 spiro atoms. The van der Waals surface area contributed by atoms with Crippen molar-refractivity contribution in [3.05, 3.63) is 112 Å². The minimum absolute atomic E-state index is 1.06.